The van der Waals surface area contributed by atoms with E-state index in [2.05, 4.69) is 12.2 Å². The second-order valence-electron chi connectivity index (χ2n) is 7.57. The predicted octanol–water partition coefficient (Wildman–Crippen LogP) is 0.884. The number of fused-ring (bicyclic) bond motifs is 1. The summed E-state index contributed by atoms with van der Waals surface area (Å²) < 4.78 is 7.71. The third-order valence-electron chi connectivity index (χ3n) is 5.88. The molecule has 6 nitrogen and oxygen atoms in total. The van der Waals surface area contributed by atoms with Crippen LogP contribution in [0.4, 0.5) is 0 Å². The fraction of sp³-hybridized carbons (Fsp3) is 0.667. The molecule has 3 aliphatic rings. The topological polar surface area (TPSA) is 63.6 Å². The largest absolute Gasteiger partial charge is 0.376 e. The molecule has 6 heteroatoms. The smallest absolute Gasteiger partial charge is 0.267 e. The Labute approximate surface area is 142 Å². The first-order valence-electron chi connectivity index (χ1n) is 8.84. The van der Waals surface area contributed by atoms with Crippen LogP contribution in [0.2, 0.25) is 0 Å². The number of nitrogens with one attached hydrogen (secondary N) is 1. The summed E-state index contributed by atoms with van der Waals surface area (Å²) in [7, 11) is 1.86. The Morgan fingerprint density at radius 2 is 2.17 bits per heavy atom. The first-order valence-corrected chi connectivity index (χ1v) is 8.84. The Morgan fingerprint density at radius 3 is 2.83 bits per heavy atom. The van der Waals surface area contributed by atoms with E-state index in [4.69, 9.17) is 4.74 Å². The molecule has 0 unspecified atom stereocenters. The third kappa shape index (κ3) is 2.73. The van der Waals surface area contributed by atoms with Crippen molar-refractivity contribution in [2.45, 2.75) is 19.4 Å². The number of aryl methyl sites for hydroxylation is 1. The summed E-state index contributed by atoms with van der Waals surface area (Å²) in [5.41, 5.74) is 0.663. The van der Waals surface area contributed by atoms with E-state index in [1.807, 2.05) is 34.8 Å². The lowest BCUT2D eigenvalue weighted by Gasteiger charge is -2.20. The molecule has 0 radical (unpaired) electrons. The molecule has 2 aliphatic heterocycles. The van der Waals surface area contributed by atoms with E-state index in [1.165, 1.54) is 0 Å². The highest BCUT2D eigenvalue weighted by Crippen LogP contribution is 2.41. The lowest BCUT2D eigenvalue weighted by Crippen LogP contribution is -2.36. The van der Waals surface area contributed by atoms with Crippen LogP contribution in [0.3, 0.4) is 0 Å². The van der Waals surface area contributed by atoms with Crippen LogP contribution in [-0.4, -0.2) is 53.6 Å². The zero-order valence-electron chi connectivity index (χ0n) is 14.3. The Morgan fingerprint density at radius 1 is 1.38 bits per heavy atom. The van der Waals surface area contributed by atoms with Gasteiger partial charge in [-0.1, -0.05) is 6.92 Å². The van der Waals surface area contributed by atoms with Crippen LogP contribution in [0.5, 0.6) is 0 Å². The molecule has 1 aliphatic carbocycles. The van der Waals surface area contributed by atoms with Crippen LogP contribution < -0.4 is 5.32 Å². The number of ether oxygens (including phenoxy) is 1. The van der Waals surface area contributed by atoms with E-state index in [1.54, 1.807) is 0 Å². The minimum atomic E-state index is -0.0521. The average Bonchev–Trinajstić information content (AvgIpc) is 2.94. The van der Waals surface area contributed by atoms with Gasteiger partial charge in [-0.15, -0.1) is 0 Å². The van der Waals surface area contributed by atoms with Crippen LogP contribution in [0.15, 0.2) is 18.3 Å². The van der Waals surface area contributed by atoms with Crippen molar-refractivity contribution in [2.75, 3.05) is 26.2 Å². The molecule has 1 aromatic heterocycles. The Hall–Kier alpha value is -1.82. The summed E-state index contributed by atoms with van der Waals surface area (Å²) in [5, 5.41) is 3.02. The summed E-state index contributed by atoms with van der Waals surface area (Å²) >= 11 is 0. The number of carbonyl (C=O) groups excluding carboxylic acids is 2. The number of hydrogen-bond acceptors (Lipinski definition) is 3. The van der Waals surface area contributed by atoms with Crippen molar-refractivity contribution in [1.29, 1.82) is 0 Å². The minimum absolute atomic E-state index is 0.0521. The third-order valence-corrected chi connectivity index (χ3v) is 5.88. The number of likely N-dealkylation sites (tertiary alicyclic amines) is 1. The molecule has 2 saturated heterocycles. The number of rotatable bonds is 4. The van der Waals surface area contributed by atoms with E-state index in [9.17, 15) is 9.59 Å². The second kappa shape index (κ2) is 5.92. The van der Waals surface area contributed by atoms with Gasteiger partial charge in [-0.2, -0.15) is 0 Å². The van der Waals surface area contributed by atoms with Gasteiger partial charge in [-0.25, -0.2) is 0 Å². The summed E-state index contributed by atoms with van der Waals surface area (Å²) in [4.78, 5) is 26.6. The average molecular weight is 331 g/mol. The van der Waals surface area contributed by atoms with Gasteiger partial charge in [-0.3, -0.25) is 9.59 Å². The quantitative estimate of drug-likeness (QED) is 0.891. The molecule has 5 atom stereocenters. The summed E-state index contributed by atoms with van der Waals surface area (Å²) in [5.74, 6) is 1.65. The first-order chi connectivity index (χ1) is 11.5. The summed E-state index contributed by atoms with van der Waals surface area (Å²) in [6.07, 6.45) is 3.03. The van der Waals surface area contributed by atoms with Crippen LogP contribution >= 0.6 is 0 Å². The molecule has 1 N–H and O–H groups in total. The highest BCUT2D eigenvalue weighted by molar-refractivity contribution is 5.92. The molecule has 24 heavy (non-hydrogen) atoms. The minimum Gasteiger partial charge on any atom is -0.376 e. The normalized spacial score (nSPS) is 34.2. The van der Waals surface area contributed by atoms with E-state index < -0.39 is 0 Å². The van der Waals surface area contributed by atoms with Crippen molar-refractivity contribution in [3.05, 3.63) is 24.0 Å². The van der Waals surface area contributed by atoms with Crippen LogP contribution in [0, 0.1) is 23.7 Å². The Balaban J connectivity index is 1.32. The SMILES string of the molecule is C[C@@H]1C[C@@H]1C(=O)N1C[C@@H]2[C@H](CNC(=O)c3cccn3C)CO[C@@H]2C1. The number of hydrogen-bond donors (Lipinski definition) is 1. The predicted molar refractivity (Wildman–Crippen MR) is 88.3 cm³/mol. The second-order valence-corrected chi connectivity index (χ2v) is 7.57. The molecule has 4 rings (SSSR count). The molecular formula is C18H25N3O3. The number of amides is 2. The first kappa shape index (κ1) is 15.7. The molecule has 130 valence electrons. The van der Waals surface area contributed by atoms with Crippen molar-refractivity contribution in [3.8, 4) is 0 Å². The van der Waals surface area contributed by atoms with E-state index in [0.717, 1.165) is 19.5 Å². The summed E-state index contributed by atoms with van der Waals surface area (Å²) in [6, 6.07) is 3.68. The van der Waals surface area contributed by atoms with Crippen molar-refractivity contribution in [2.24, 2.45) is 30.7 Å². The summed E-state index contributed by atoms with van der Waals surface area (Å²) in [6.45, 7) is 4.90. The van der Waals surface area contributed by atoms with Gasteiger partial charge in [-0.05, 0) is 24.5 Å². The number of carbonyl (C=O) groups is 2. The molecule has 0 spiro atoms. The molecule has 2 amide bonds. The van der Waals surface area contributed by atoms with Gasteiger partial charge >= 0.3 is 0 Å². The van der Waals surface area contributed by atoms with Crippen molar-refractivity contribution in [3.63, 3.8) is 0 Å². The van der Waals surface area contributed by atoms with Crippen molar-refractivity contribution >= 4 is 11.8 Å². The standard InChI is InChI=1S/C18H25N3O3/c1-11-6-13(11)18(23)21-8-14-12(10-24-16(14)9-21)7-19-17(22)15-4-3-5-20(15)2/h3-5,11-14,16H,6-10H2,1-2H3,(H,19,22)/t11-,12-,13+,14-,16-/m1/s1. The Kier molecular flexibility index (Phi) is 3.87. The zero-order valence-corrected chi connectivity index (χ0v) is 14.3. The lowest BCUT2D eigenvalue weighted by molar-refractivity contribution is -0.132. The molecule has 0 bridgehead atoms. The highest BCUT2D eigenvalue weighted by Gasteiger charge is 2.49. The molecule has 1 aromatic rings. The maximum absolute atomic E-state index is 12.4. The molecule has 0 aromatic carbocycles. The van der Waals surface area contributed by atoms with Gasteiger partial charge in [0, 0.05) is 50.6 Å². The number of nitrogens with zero attached hydrogens (tertiary/aromatic N) is 2. The van der Waals surface area contributed by atoms with Gasteiger partial charge < -0.3 is 19.5 Å². The van der Waals surface area contributed by atoms with E-state index >= 15 is 0 Å². The van der Waals surface area contributed by atoms with Gasteiger partial charge in [0.25, 0.3) is 5.91 Å². The fourth-order valence-electron chi connectivity index (χ4n) is 4.10. The maximum atomic E-state index is 12.4. The van der Waals surface area contributed by atoms with Crippen molar-refractivity contribution in [1.82, 2.24) is 14.8 Å². The molecule has 3 fully saturated rings. The van der Waals surface area contributed by atoms with Crippen molar-refractivity contribution < 1.29 is 14.3 Å². The van der Waals surface area contributed by atoms with Crippen LogP contribution in [-0.2, 0) is 16.6 Å². The van der Waals surface area contributed by atoms with Gasteiger partial charge in [0.15, 0.2) is 0 Å². The van der Waals surface area contributed by atoms with E-state index in [0.29, 0.717) is 36.6 Å². The van der Waals surface area contributed by atoms with Gasteiger partial charge in [0.05, 0.1) is 12.7 Å². The van der Waals surface area contributed by atoms with Crippen LogP contribution in [0.1, 0.15) is 23.8 Å². The molecule has 3 heterocycles. The van der Waals surface area contributed by atoms with Gasteiger partial charge in [0.2, 0.25) is 5.91 Å². The van der Waals surface area contributed by atoms with E-state index in [-0.39, 0.29) is 23.8 Å². The number of aromatic nitrogens is 1. The monoisotopic (exact) mass is 331 g/mol. The lowest BCUT2D eigenvalue weighted by atomic mass is 9.93. The maximum Gasteiger partial charge on any atom is 0.267 e. The molecular weight excluding hydrogens is 306 g/mol. The Bertz CT molecular complexity index is 656. The highest BCUT2D eigenvalue weighted by atomic mass is 16.5. The zero-order chi connectivity index (χ0) is 16.8. The fourth-order valence-corrected chi connectivity index (χ4v) is 4.10. The van der Waals surface area contributed by atoms with Gasteiger partial charge in [0.1, 0.15) is 5.69 Å². The van der Waals surface area contributed by atoms with Crippen LogP contribution in [0.25, 0.3) is 0 Å². The molecule has 1 saturated carbocycles.